The third-order valence-electron chi connectivity index (χ3n) is 2.94. The van der Waals surface area contributed by atoms with Crippen molar-refractivity contribution in [2.75, 3.05) is 13.7 Å². The highest BCUT2D eigenvalue weighted by Gasteiger charge is 2.31. The van der Waals surface area contributed by atoms with E-state index in [0.717, 1.165) is 0 Å². The first kappa shape index (κ1) is 13.7. The van der Waals surface area contributed by atoms with Gasteiger partial charge in [0.05, 0.1) is 17.7 Å². The molecule has 2 rings (SSSR count). The molecule has 0 spiro atoms. The second kappa shape index (κ2) is 5.91. The van der Waals surface area contributed by atoms with Gasteiger partial charge in [-0.15, -0.1) is 0 Å². The molecule has 19 heavy (non-hydrogen) atoms. The largest absolute Gasteiger partial charge is 0.489 e. The van der Waals surface area contributed by atoms with E-state index < -0.39 is 0 Å². The Labute approximate surface area is 116 Å². The van der Waals surface area contributed by atoms with E-state index in [4.69, 9.17) is 21.6 Å². The van der Waals surface area contributed by atoms with Gasteiger partial charge in [0, 0.05) is 19.0 Å². The zero-order valence-corrected chi connectivity index (χ0v) is 11.1. The molecular formula is C13H13ClN2O3. The monoisotopic (exact) mass is 280 g/mol. The van der Waals surface area contributed by atoms with Crippen LogP contribution in [0, 0.1) is 11.3 Å². The van der Waals surface area contributed by atoms with E-state index in [-0.39, 0.29) is 18.1 Å². The molecular weight excluding hydrogens is 268 g/mol. The molecule has 0 aromatic heterocycles. The SMILES string of the molecule is COC(=O)[C@@H]1C[C@@H](Oc2ccc(C#N)c(Cl)c2)CN1. The van der Waals surface area contributed by atoms with Gasteiger partial charge in [0.1, 0.15) is 24.0 Å². The molecule has 0 aliphatic carbocycles. The van der Waals surface area contributed by atoms with E-state index in [9.17, 15) is 4.79 Å². The highest BCUT2D eigenvalue weighted by molar-refractivity contribution is 6.31. The lowest BCUT2D eigenvalue weighted by Gasteiger charge is -2.13. The second-order valence-corrected chi connectivity index (χ2v) is 4.62. The zero-order valence-electron chi connectivity index (χ0n) is 10.4. The van der Waals surface area contributed by atoms with Crippen LogP contribution < -0.4 is 10.1 Å². The smallest absolute Gasteiger partial charge is 0.323 e. The number of hydrogen-bond acceptors (Lipinski definition) is 5. The van der Waals surface area contributed by atoms with Crippen molar-refractivity contribution < 1.29 is 14.3 Å². The maximum atomic E-state index is 11.4. The van der Waals surface area contributed by atoms with Crippen molar-refractivity contribution in [3.63, 3.8) is 0 Å². The number of carbonyl (C=O) groups is 1. The normalized spacial score (nSPS) is 21.7. The van der Waals surface area contributed by atoms with Gasteiger partial charge in [0.25, 0.3) is 0 Å². The van der Waals surface area contributed by atoms with E-state index in [1.165, 1.54) is 7.11 Å². The summed E-state index contributed by atoms with van der Waals surface area (Å²) in [6.07, 6.45) is 0.428. The van der Waals surface area contributed by atoms with Crippen molar-refractivity contribution >= 4 is 17.6 Å². The second-order valence-electron chi connectivity index (χ2n) is 4.21. The van der Waals surface area contributed by atoms with Gasteiger partial charge in [-0.05, 0) is 12.1 Å². The average Bonchev–Trinajstić information content (AvgIpc) is 2.86. The number of hydrogen-bond donors (Lipinski definition) is 1. The first-order valence-corrected chi connectivity index (χ1v) is 6.19. The molecule has 1 aliphatic rings. The van der Waals surface area contributed by atoms with Crippen LogP contribution in [0.25, 0.3) is 0 Å². The summed E-state index contributed by atoms with van der Waals surface area (Å²) in [5.74, 6) is 0.297. The fourth-order valence-electron chi connectivity index (χ4n) is 1.97. The number of halogens is 1. The van der Waals surface area contributed by atoms with Gasteiger partial charge in [-0.25, -0.2) is 0 Å². The fourth-order valence-corrected chi connectivity index (χ4v) is 2.18. The number of methoxy groups -OCH3 is 1. The van der Waals surface area contributed by atoms with Crippen LogP contribution in [0.5, 0.6) is 5.75 Å². The van der Waals surface area contributed by atoms with Crippen LogP contribution in [0.2, 0.25) is 5.02 Å². The molecule has 100 valence electrons. The highest BCUT2D eigenvalue weighted by atomic mass is 35.5. The van der Waals surface area contributed by atoms with E-state index in [1.807, 2.05) is 6.07 Å². The van der Waals surface area contributed by atoms with Gasteiger partial charge in [-0.3, -0.25) is 4.79 Å². The van der Waals surface area contributed by atoms with E-state index in [1.54, 1.807) is 18.2 Å². The van der Waals surface area contributed by atoms with Crippen LogP contribution in [0.1, 0.15) is 12.0 Å². The number of benzene rings is 1. The molecule has 6 heteroatoms. The predicted molar refractivity (Wildman–Crippen MR) is 69.0 cm³/mol. The van der Waals surface area contributed by atoms with Crippen molar-refractivity contribution in [2.45, 2.75) is 18.6 Å². The number of nitrogens with zero attached hydrogens (tertiary/aromatic N) is 1. The lowest BCUT2D eigenvalue weighted by atomic mass is 10.2. The highest BCUT2D eigenvalue weighted by Crippen LogP contribution is 2.24. The van der Waals surface area contributed by atoms with Crippen LogP contribution in [0.15, 0.2) is 18.2 Å². The summed E-state index contributed by atoms with van der Waals surface area (Å²) in [6.45, 7) is 0.567. The molecule has 0 saturated carbocycles. The molecule has 1 saturated heterocycles. The molecule has 0 bridgehead atoms. The maximum absolute atomic E-state index is 11.4. The first-order chi connectivity index (χ1) is 9.13. The third-order valence-corrected chi connectivity index (χ3v) is 3.25. The Hall–Kier alpha value is -1.77. The molecule has 0 radical (unpaired) electrons. The van der Waals surface area contributed by atoms with Gasteiger partial charge in [-0.1, -0.05) is 11.6 Å². The Kier molecular flexibility index (Phi) is 4.25. The molecule has 1 fully saturated rings. The van der Waals surface area contributed by atoms with Crippen molar-refractivity contribution in [2.24, 2.45) is 0 Å². The van der Waals surface area contributed by atoms with Crippen LogP contribution in [-0.2, 0) is 9.53 Å². The fraction of sp³-hybridized carbons (Fsp3) is 0.385. The number of rotatable bonds is 3. The molecule has 1 heterocycles. The van der Waals surface area contributed by atoms with Gasteiger partial charge < -0.3 is 14.8 Å². The summed E-state index contributed by atoms with van der Waals surface area (Å²) >= 11 is 5.92. The quantitative estimate of drug-likeness (QED) is 0.850. The van der Waals surface area contributed by atoms with Crippen molar-refractivity contribution in [1.82, 2.24) is 5.32 Å². The van der Waals surface area contributed by atoms with E-state index in [0.29, 0.717) is 29.3 Å². The van der Waals surface area contributed by atoms with Crippen LogP contribution in [-0.4, -0.2) is 31.8 Å². The zero-order chi connectivity index (χ0) is 13.8. The maximum Gasteiger partial charge on any atom is 0.323 e. The lowest BCUT2D eigenvalue weighted by Crippen LogP contribution is -2.31. The standard InChI is InChI=1S/C13H13ClN2O3/c1-18-13(17)12-5-10(7-16-12)19-9-3-2-8(6-15)11(14)4-9/h2-4,10,12,16H,5,7H2,1H3/t10-,12+/m1/s1. The molecule has 0 amide bonds. The van der Waals surface area contributed by atoms with E-state index in [2.05, 4.69) is 10.1 Å². The number of nitriles is 1. The number of carbonyl (C=O) groups excluding carboxylic acids is 1. The van der Waals surface area contributed by atoms with Crippen LogP contribution in [0.4, 0.5) is 0 Å². The number of ether oxygens (including phenoxy) is 2. The number of esters is 1. The summed E-state index contributed by atoms with van der Waals surface area (Å²) < 4.78 is 10.4. The van der Waals surface area contributed by atoms with E-state index >= 15 is 0 Å². The molecule has 1 aromatic rings. The van der Waals surface area contributed by atoms with Crippen molar-refractivity contribution in [3.8, 4) is 11.8 Å². The first-order valence-electron chi connectivity index (χ1n) is 5.81. The molecule has 1 N–H and O–H groups in total. The van der Waals surface area contributed by atoms with Crippen molar-refractivity contribution in [3.05, 3.63) is 28.8 Å². The average molecular weight is 281 g/mol. The van der Waals surface area contributed by atoms with Crippen molar-refractivity contribution in [1.29, 1.82) is 5.26 Å². The topological polar surface area (TPSA) is 71.3 Å². The number of nitrogens with one attached hydrogen (secondary N) is 1. The summed E-state index contributed by atoms with van der Waals surface area (Å²) in [4.78, 5) is 11.4. The van der Waals surface area contributed by atoms with Gasteiger partial charge in [-0.2, -0.15) is 5.26 Å². The Morgan fingerprint density at radius 1 is 1.58 bits per heavy atom. The van der Waals surface area contributed by atoms with Gasteiger partial charge >= 0.3 is 5.97 Å². The van der Waals surface area contributed by atoms with Gasteiger partial charge in [0.15, 0.2) is 0 Å². The molecule has 5 nitrogen and oxygen atoms in total. The molecule has 1 aliphatic heterocycles. The third kappa shape index (κ3) is 3.16. The minimum Gasteiger partial charge on any atom is -0.489 e. The minimum absolute atomic E-state index is 0.117. The van der Waals surface area contributed by atoms with Gasteiger partial charge in [0.2, 0.25) is 0 Å². The Morgan fingerprint density at radius 2 is 2.37 bits per heavy atom. The molecule has 2 atom stereocenters. The molecule has 0 unspecified atom stereocenters. The Balaban J connectivity index is 1.98. The lowest BCUT2D eigenvalue weighted by molar-refractivity contribution is -0.142. The summed E-state index contributed by atoms with van der Waals surface area (Å²) in [7, 11) is 1.36. The van der Waals surface area contributed by atoms with Crippen LogP contribution in [0.3, 0.4) is 0 Å². The van der Waals surface area contributed by atoms with Crippen LogP contribution >= 0.6 is 11.6 Å². The summed E-state index contributed by atoms with van der Waals surface area (Å²) in [5.41, 5.74) is 0.408. The summed E-state index contributed by atoms with van der Waals surface area (Å²) in [5, 5.41) is 12.2. The molecule has 1 aromatic carbocycles. The Morgan fingerprint density at radius 3 is 3.00 bits per heavy atom. The summed E-state index contributed by atoms with van der Waals surface area (Å²) in [6, 6.07) is 6.56. The predicted octanol–water partition coefficient (Wildman–Crippen LogP) is 1.49. The minimum atomic E-state index is -0.330. The Bertz CT molecular complexity index is 527.